The van der Waals surface area contributed by atoms with Gasteiger partial charge in [0, 0.05) is 12.8 Å². The topological polar surface area (TPSA) is 55.8 Å². The van der Waals surface area contributed by atoms with E-state index in [4.69, 9.17) is 9.47 Å². The van der Waals surface area contributed by atoms with Crippen molar-refractivity contribution in [3.05, 3.63) is 29.8 Å². The molecule has 2 saturated heterocycles. The van der Waals surface area contributed by atoms with Crippen LogP contribution in [-0.4, -0.2) is 29.4 Å². The van der Waals surface area contributed by atoms with Crippen LogP contribution in [-0.2, 0) is 20.7 Å². The molecular weight excluding hydrogens is 244 g/mol. The first-order chi connectivity index (χ1) is 9.19. The zero-order chi connectivity index (χ0) is 13.2. The van der Waals surface area contributed by atoms with Crippen LogP contribution in [0.25, 0.3) is 0 Å². The third-order valence-corrected chi connectivity index (χ3v) is 3.82. The highest BCUT2D eigenvalue weighted by Gasteiger charge is 2.37. The van der Waals surface area contributed by atoms with E-state index in [0.29, 0.717) is 12.2 Å². The lowest BCUT2D eigenvalue weighted by Crippen LogP contribution is -2.43. The van der Waals surface area contributed by atoms with Crippen LogP contribution in [0.2, 0.25) is 0 Å². The highest BCUT2D eigenvalue weighted by Crippen LogP contribution is 2.30. The van der Waals surface area contributed by atoms with Gasteiger partial charge in [-0.2, -0.15) is 0 Å². The molecule has 2 heterocycles. The van der Waals surface area contributed by atoms with Crippen molar-refractivity contribution in [3.8, 4) is 5.75 Å². The van der Waals surface area contributed by atoms with Crippen LogP contribution in [0.15, 0.2) is 24.3 Å². The van der Waals surface area contributed by atoms with Gasteiger partial charge in [-0.05, 0) is 30.5 Å². The van der Waals surface area contributed by atoms with E-state index in [1.54, 1.807) is 12.1 Å². The molecule has 4 heteroatoms. The zero-order valence-corrected chi connectivity index (χ0v) is 10.7. The minimum atomic E-state index is -0.127. The van der Waals surface area contributed by atoms with Gasteiger partial charge in [-0.25, -0.2) is 0 Å². The van der Waals surface area contributed by atoms with Gasteiger partial charge in [0.25, 0.3) is 0 Å². The summed E-state index contributed by atoms with van der Waals surface area (Å²) >= 11 is 0. The maximum absolute atomic E-state index is 11.3. The Morgan fingerprint density at radius 3 is 2.68 bits per heavy atom. The number of fused-ring (bicyclic) bond motifs is 2. The molecule has 19 heavy (non-hydrogen) atoms. The average Bonchev–Trinajstić information content (AvgIpc) is 2.37. The maximum Gasteiger partial charge on any atom is 0.308 e. The van der Waals surface area contributed by atoms with Gasteiger partial charge in [-0.15, -0.1) is 0 Å². The monoisotopic (exact) mass is 262 g/mol. The van der Waals surface area contributed by atoms with Crippen molar-refractivity contribution in [2.24, 2.45) is 0 Å². The first-order valence-electron chi connectivity index (χ1n) is 6.82. The molecule has 3 rings (SSSR count). The lowest BCUT2D eigenvalue weighted by Gasteiger charge is -2.38. The van der Waals surface area contributed by atoms with E-state index in [1.165, 1.54) is 5.56 Å². The molecular formula is C15H18O4. The second-order valence-corrected chi connectivity index (χ2v) is 5.37. The van der Waals surface area contributed by atoms with Crippen LogP contribution >= 0.6 is 0 Å². The molecule has 2 fully saturated rings. The summed E-state index contributed by atoms with van der Waals surface area (Å²) in [6.07, 6.45) is 4.15. The molecule has 2 aliphatic rings. The lowest BCUT2D eigenvalue weighted by molar-refractivity contribution is -0.184. The summed E-state index contributed by atoms with van der Waals surface area (Å²) in [4.78, 5) is 11.3. The van der Waals surface area contributed by atoms with E-state index in [9.17, 15) is 9.90 Å². The molecule has 2 aliphatic heterocycles. The molecule has 0 aliphatic carbocycles. The number of phenols is 1. The SMILES string of the molecule is O=C1C[C@@H]2C[C@@H](C[C@H](CCc3ccc(O)cc3)O2)O1. The molecule has 1 N–H and O–H groups in total. The normalized spacial score (nSPS) is 29.9. The van der Waals surface area contributed by atoms with Crippen LogP contribution in [0.3, 0.4) is 0 Å². The largest absolute Gasteiger partial charge is 0.508 e. The standard InChI is InChI=1S/C15H18O4/c16-11-4-1-10(2-5-11)3-6-12-7-13-8-14(18-12)9-15(17)19-13/h1-2,4-5,12-14,16H,3,6-9H2/t12-,13+,14-/m0/s1. The number of carbonyl (C=O) groups is 1. The van der Waals surface area contributed by atoms with E-state index in [2.05, 4.69) is 0 Å². The number of aryl methyl sites for hydroxylation is 1. The number of phenolic OH excluding ortho intramolecular Hbond substituents is 1. The predicted molar refractivity (Wildman–Crippen MR) is 68.8 cm³/mol. The van der Waals surface area contributed by atoms with Crippen LogP contribution < -0.4 is 0 Å². The summed E-state index contributed by atoms with van der Waals surface area (Å²) in [7, 11) is 0. The van der Waals surface area contributed by atoms with Gasteiger partial charge in [0.2, 0.25) is 0 Å². The molecule has 0 amide bonds. The number of hydrogen-bond acceptors (Lipinski definition) is 4. The second kappa shape index (κ2) is 5.21. The number of esters is 1. The minimum Gasteiger partial charge on any atom is -0.508 e. The first-order valence-corrected chi connectivity index (χ1v) is 6.82. The highest BCUT2D eigenvalue weighted by atomic mass is 16.6. The van der Waals surface area contributed by atoms with E-state index in [-0.39, 0.29) is 24.3 Å². The van der Waals surface area contributed by atoms with Gasteiger partial charge in [0.05, 0.1) is 18.6 Å². The third-order valence-electron chi connectivity index (χ3n) is 3.82. The number of aromatic hydroxyl groups is 1. The smallest absolute Gasteiger partial charge is 0.308 e. The quantitative estimate of drug-likeness (QED) is 0.848. The molecule has 0 saturated carbocycles. The Labute approximate surface area is 112 Å². The summed E-state index contributed by atoms with van der Waals surface area (Å²) in [5.74, 6) is 0.164. The number of rotatable bonds is 3. The molecule has 1 aromatic carbocycles. The second-order valence-electron chi connectivity index (χ2n) is 5.37. The van der Waals surface area contributed by atoms with E-state index < -0.39 is 0 Å². The van der Waals surface area contributed by atoms with Crippen LogP contribution in [0.5, 0.6) is 5.75 Å². The number of carbonyl (C=O) groups excluding carboxylic acids is 1. The average molecular weight is 262 g/mol. The lowest BCUT2D eigenvalue weighted by atomic mass is 9.93. The van der Waals surface area contributed by atoms with E-state index in [1.807, 2.05) is 12.1 Å². The fraction of sp³-hybridized carbons (Fsp3) is 0.533. The van der Waals surface area contributed by atoms with Crippen molar-refractivity contribution in [2.75, 3.05) is 0 Å². The summed E-state index contributed by atoms with van der Waals surface area (Å²) < 4.78 is 11.2. The molecule has 1 aromatic rings. The Bertz CT molecular complexity index is 438. The van der Waals surface area contributed by atoms with Crippen molar-refractivity contribution >= 4 is 5.97 Å². The van der Waals surface area contributed by atoms with Gasteiger partial charge < -0.3 is 14.6 Å². The molecule has 0 unspecified atom stereocenters. The Kier molecular flexibility index (Phi) is 3.42. The van der Waals surface area contributed by atoms with Gasteiger partial charge in [-0.1, -0.05) is 12.1 Å². The molecule has 3 atom stereocenters. The molecule has 2 bridgehead atoms. The van der Waals surface area contributed by atoms with E-state index in [0.717, 1.165) is 25.7 Å². The van der Waals surface area contributed by atoms with Crippen molar-refractivity contribution < 1.29 is 19.4 Å². The van der Waals surface area contributed by atoms with Crippen LogP contribution in [0.4, 0.5) is 0 Å². The number of ether oxygens (including phenoxy) is 2. The van der Waals surface area contributed by atoms with Gasteiger partial charge in [0.15, 0.2) is 0 Å². The highest BCUT2D eigenvalue weighted by molar-refractivity contribution is 5.71. The van der Waals surface area contributed by atoms with Crippen molar-refractivity contribution in [2.45, 2.75) is 50.4 Å². The van der Waals surface area contributed by atoms with Crippen LogP contribution in [0, 0.1) is 0 Å². The Balaban J connectivity index is 1.54. The summed E-state index contributed by atoms with van der Waals surface area (Å²) in [5.41, 5.74) is 1.19. The third kappa shape index (κ3) is 3.07. The number of hydrogen-bond donors (Lipinski definition) is 1. The Hall–Kier alpha value is -1.55. The Morgan fingerprint density at radius 1 is 1.16 bits per heavy atom. The summed E-state index contributed by atoms with van der Waals surface area (Å²) in [6.45, 7) is 0. The molecule has 0 aromatic heterocycles. The Morgan fingerprint density at radius 2 is 1.95 bits per heavy atom. The first kappa shape index (κ1) is 12.5. The predicted octanol–water partition coefficient (Wildman–Crippen LogP) is 2.19. The van der Waals surface area contributed by atoms with Crippen LogP contribution in [0.1, 0.15) is 31.2 Å². The minimum absolute atomic E-state index is 0.0461. The molecule has 0 spiro atoms. The summed E-state index contributed by atoms with van der Waals surface area (Å²) in [6, 6.07) is 7.26. The van der Waals surface area contributed by atoms with Crippen molar-refractivity contribution in [1.82, 2.24) is 0 Å². The van der Waals surface area contributed by atoms with Crippen molar-refractivity contribution in [1.29, 1.82) is 0 Å². The van der Waals surface area contributed by atoms with Gasteiger partial charge in [-0.3, -0.25) is 4.79 Å². The molecule has 0 radical (unpaired) electrons. The van der Waals surface area contributed by atoms with Gasteiger partial charge >= 0.3 is 5.97 Å². The fourth-order valence-corrected chi connectivity index (χ4v) is 2.89. The van der Waals surface area contributed by atoms with Gasteiger partial charge in [0.1, 0.15) is 11.9 Å². The zero-order valence-electron chi connectivity index (χ0n) is 10.7. The fourth-order valence-electron chi connectivity index (χ4n) is 2.89. The number of benzene rings is 1. The maximum atomic E-state index is 11.3. The summed E-state index contributed by atoms with van der Waals surface area (Å²) in [5, 5.41) is 9.23. The van der Waals surface area contributed by atoms with E-state index >= 15 is 0 Å². The van der Waals surface area contributed by atoms with Crippen molar-refractivity contribution in [3.63, 3.8) is 0 Å². The molecule has 4 nitrogen and oxygen atoms in total. The molecule has 102 valence electrons.